The molecule has 0 aliphatic carbocycles. The molecule has 0 aromatic heterocycles. The fourth-order valence-electron chi connectivity index (χ4n) is 0.361. The van der Waals surface area contributed by atoms with Crippen LogP contribution < -0.4 is 18.9 Å². The zero-order valence-corrected chi connectivity index (χ0v) is 6.55. The van der Waals surface area contributed by atoms with E-state index in [9.17, 15) is 35.1 Å². The van der Waals surface area contributed by atoms with Crippen molar-refractivity contribution in [1.82, 2.24) is 0 Å². The van der Waals surface area contributed by atoms with Crippen LogP contribution in [0.15, 0.2) is 0 Å². The minimum absolute atomic E-state index is 0. The molecule has 0 fully saturated rings. The summed E-state index contributed by atoms with van der Waals surface area (Å²) in [5.41, 5.74) is 0. The van der Waals surface area contributed by atoms with Gasteiger partial charge in [0.15, 0.2) is 0 Å². The largest absolute Gasteiger partial charge is 1.00 e. The molecule has 0 saturated carbocycles. The monoisotopic (exact) mass is 226 g/mol. The number of aliphatic hydroxyl groups is 1. The van der Waals surface area contributed by atoms with Crippen LogP contribution in [-0.2, 0) is 0 Å². The van der Waals surface area contributed by atoms with Crippen molar-refractivity contribution >= 4 is 0 Å². The van der Waals surface area contributed by atoms with E-state index in [1.165, 1.54) is 0 Å². The average molecular weight is 226 g/mol. The molecule has 0 radical (unpaired) electrons. The van der Waals surface area contributed by atoms with Crippen molar-refractivity contribution in [3.63, 3.8) is 0 Å². The second-order valence-corrected chi connectivity index (χ2v) is 2.06. The Hall–Kier alpha value is -0.00260. The van der Waals surface area contributed by atoms with E-state index in [4.69, 9.17) is 5.11 Å². The van der Waals surface area contributed by atoms with E-state index in [1.54, 1.807) is 0 Å². The molecule has 1 nitrogen and oxygen atoms in total. The van der Waals surface area contributed by atoms with Gasteiger partial charge in [-0.2, -0.15) is 35.1 Å². The van der Waals surface area contributed by atoms with Crippen LogP contribution >= 0.6 is 0 Å². The van der Waals surface area contributed by atoms with E-state index in [0.717, 1.165) is 0 Å². The van der Waals surface area contributed by atoms with Gasteiger partial charge in [0.2, 0.25) is 6.10 Å². The molecule has 0 bridgehead atoms. The maximum atomic E-state index is 11.7. The van der Waals surface area contributed by atoms with Crippen LogP contribution in [0.3, 0.4) is 0 Å². The van der Waals surface area contributed by atoms with Crippen molar-refractivity contribution in [3.8, 4) is 0 Å². The molecule has 0 aliphatic heterocycles. The quantitative estimate of drug-likeness (QED) is 0.459. The molecule has 0 heterocycles. The van der Waals surface area contributed by atoms with Gasteiger partial charge in [-0.05, 0) is 0 Å². The molecule has 10 heteroatoms. The summed E-state index contributed by atoms with van der Waals surface area (Å²) in [5.74, 6) is -6.19. The molecule has 0 spiro atoms. The van der Waals surface area contributed by atoms with Gasteiger partial charge in [0, 0.05) is 0 Å². The van der Waals surface area contributed by atoms with Gasteiger partial charge >= 0.3 is 37.1 Å². The van der Waals surface area contributed by atoms with Crippen molar-refractivity contribution in [1.29, 1.82) is 0 Å². The van der Waals surface area contributed by atoms with Gasteiger partial charge in [0.05, 0.1) is 0 Å². The molecule has 1 atom stereocenters. The van der Waals surface area contributed by atoms with Gasteiger partial charge < -0.3 is 6.53 Å². The number of rotatable bonds is 1. The molecule has 0 saturated heterocycles. The van der Waals surface area contributed by atoms with Crippen LogP contribution in [0.1, 0.15) is 1.43 Å². The third kappa shape index (κ3) is 3.29. The van der Waals surface area contributed by atoms with Crippen LogP contribution in [0.4, 0.5) is 35.1 Å². The van der Waals surface area contributed by atoms with E-state index in [1.807, 2.05) is 0 Å². The Morgan fingerprint density at radius 1 is 0.857 bits per heavy atom. The second-order valence-electron chi connectivity index (χ2n) is 2.06. The van der Waals surface area contributed by atoms with Crippen molar-refractivity contribution in [2.75, 3.05) is 0 Å². The minimum atomic E-state index is -6.43. The second kappa shape index (κ2) is 4.24. The summed E-state index contributed by atoms with van der Waals surface area (Å²) in [4.78, 5) is 0. The van der Waals surface area contributed by atoms with Crippen molar-refractivity contribution in [3.05, 3.63) is 0 Å². The van der Waals surface area contributed by atoms with Crippen LogP contribution in [0, 0.1) is 0 Å². The zero-order chi connectivity index (χ0) is 11.1. The first-order chi connectivity index (χ1) is 5.40. The normalized spacial score (nSPS) is 16.1. The predicted octanol–water partition coefficient (Wildman–Crippen LogP) is -0.776. The smallest absolute Gasteiger partial charge is 1.00 e. The summed E-state index contributed by atoms with van der Waals surface area (Å²) < 4.78 is 90.8. The number of hydrogen-bond acceptors (Lipinski definition) is 1. The Balaban J connectivity index is -0.000000720. The molecule has 0 amide bonds. The summed E-state index contributed by atoms with van der Waals surface area (Å²) in [5, 5.41) is 7.65. The number of halogens is 8. The topological polar surface area (TPSA) is 20.2 Å². The van der Waals surface area contributed by atoms with E-state index in [0.29, 0.717) is 0 Å². The number of aliphatic hydroxyl groups excluding tert-OH is 1. The fourth-order valence-corrected chi connectivity index (χ4v) is 0.361. The summed E-state index contributed by atoms with van der Waals surface area (Å²) in [7, 11) is 0. The first-order valence-electron chi connectivity index (χ1n) is 2.60. The Bertz CT molecular complexity index is 188. The van der Waals surface area contributed by atoms with Crippen LogP contribution in [-0.4, -0.2) is 29.5 Å². The Labute approximate surface area is 85.7 Å². The maximum absolute atomic E-state index is 11.7. The molecule has 82 valence electrons. The van der Waals surface area contributed by atoms with E-state index in [-0.39, 0.29) is 20.3 Å². The van der Waals surface area contributed by atoms with Gasteiger partial charge in [-0.15, -0.1) is 0 Å². The van der Waals surface area contributed by atoms with Crippen LogP contribution in [0.5, 0.6) is 0 Å². The van der Waals surface area contributed by atoms with Crippen LogP contribution in [0.2, 0.25) is 0 Å². The Kier molecular flexibility index (Phi) is 4.98. The van der Waals surface area contributed by atoms with Gasteiger partial charge in [-0.25, -0.2) is 0 Å². The van der Waals surface area contributed by atoms with Gasteiger partial charge in [-0.1, -0.05) is 0 Å². The predicted molar refractivity (Wildman–Crippen MR) is 24.2 cm³/mol. The summed E-state index contributed by atoms with van der Waals surface area (Å²) in [6, 6.07) is 0. The minimum Gasteiger partial charge on any atom is -1.00 e. The van der Waals surface area contributed by atoms with E-state index in [2.05, 4.69) is 0 Å². The SMILES string of the molecule is OC(C(F)(F)F)C(F)(F)C(F)(F)F.[H-].[Li+]. The maximum Gasteiger partial charge on any atom is 1.00 e. The first-order valence-corrected chi connectivity index (χ1v) is 2.60. The molecule has 0 aliphatic rings. The Morgan fingerprint density at radius 2 is 1.14 bits per heavy atom. The molecular formula is C4H3F8LiO. The molecule has 14 heavy (non-hydrogen) atoms. The van der Waals surface area contributed by atoms with E-state index < -0.39 is 24.4 Å². The van der Waals surface area contributed by atoms with Crippen molar-refractivity contribution in [2.45, 2.75) is 24.4 Å². The third-order valence-electron chi connectivity index (χ3n) is 1.03. The summed E-state index contributed by atoms with van der Waals surface area (Å²) >= 11 is 0. The summed E-state index contributed by atoms with van der Waals surface area (Å²) in [6.07, 6.45) is -17.2. The molecule has 0 aromatic carbocycles. The average Bonchev–Trinajstić information content (AvgIpc) is 1.81. The third-order valence-corrected chi connectivity index (χ3v) is 1.03. The fraction of sp³-hybridized carbons (Fsp3) is 1.00. The number of hydrogen-bond donors (Lipinski definition) is 1. The molecule has 1 N–H and O–H groups in total. The zero-order valence-electron chi connectivity index (χ0n) is 7.55. The number of alkyl halides is 8. The van der Waals surface area contributed by atoms with Gasteiger partial charge in [0.1, 0.15) is 0 Å². The molecule has 0 aromatic rings. The van der Waals surface area contributed by atoms with Crippen LogP contribution in [0.25, 0.3) is 0 Å². The van der Waals surface area contributed by atoms with E-state index >= 15 is 0 Å². The van der Waals surface area contributed by atoms with Gasteiger partial charge in [-0.3, -0.25) is 0 Å². The van der Waals surface area contributed by atoms with Gasteiger partial charge in [0.25, 0.3) is 0 Å². The first kappa shape index (κ1) is 16.4. The van der Waals surface area contributed by atoms with Crippen molar-refractivity contribution in [2.24, 2.45) is 0 Å². The Morgan fingerprint density at radius 3 is 1.21 bits per heavy atom. The standard InChI is InChI=1S/C4H2F8O.Li.H/c5-2(6,4(10,11)12)1(13)3(7,8)9;;/h1,13H;;/q;+1;-1. The molecule has 1 unspecified atom stereocenters. The molecular weight excluding hydrogens is 223 g/mol. The summed E-state index contributed by atoms with van der Waals surface area (Å²) in [6.45, 7) is 0. The van der Waals surface area contributed by atoms with Crippen molar-refractivity contribution < 1.29 is 60.5 Å². The molecule has 0 rings (SSSR count).